The van der Waals surface area contributed by atoms with E-state index in [9.17, 15) is 4.79 Å². The number of aromatic nitrogens is 2. The second-order valence-corrected chi connectivity index (χ2v) is 6.21. The third-order valence-electron chi connectivity index (χ3n) is 4.14. The number of imidazole rings is 1. The van der Waals surface area contributed by atoms with E-state index >= 15 is 0 Å². The molecule has 1 aliphatic heterocycles. The van der Waals surface area contributed by atoms with Crippen molar-refractivity contribution in [1.29, 1.82) is 5.26 Å². The fourth-order valence-corrected chi connectivity index (χ4v) is 2.92. The van der Waals surface area contributed by atoms with Crippen molar-refractivity contribution < 1.29 is 9.53 Å². The first-order chi connectivity index (χ1) is 11.5. The number of carbonyl (C=O) groups is 1. The van der Waals surface area contributed by atoms with Gasteiger partial charge in [-0.15, -0.1) is 0 Å². The Balaban J connectivity index is 1.84. The van der Waals surface area contributed by atoms with E-state index in [0.717, 1.165) is 22.2 Å². The fraction of sp³-hybridized carbons (Fsp3) is 0.167. The van der Waals surface area contributed by atoms with Gasteiger partial charge in [0.2, 0.25) is 0 Å². The van der Waals surface area contributed by atoms with E-state index in [0.29, 0.717) is 17.1 Å². The first kappa shape index (κ1) is 14.3. The van der Waals surface area contributed by atoms with E-state index in [-0.39, 0.29) is 0 Å². The van der Waals surface area contributed by atoms with Crippen molar-refractivity contribution in [3.63, 3.8) is 0 Å². The number of nitrogens with one attached hydrogen (secondary N) is 2. The van der Waals surface area contributed by atoms with Crippen molar-refractivity contribution in [3.8, 4) is 17.5 Å². The van der Waals surface area contributed by atoms with Crippen molar-refractivity contribution in [3.05, 3.63) is 47.5 Å². The third kappa shape index (κ3) is 2.18. The highest BCUT2D eigenvalue weighted by Crippen LogP contribution is 2.38. The molecule has 0 atom stereocenters. The third-order valence-corrected chi connectivity index (χ3v) is 4.14. The van der Waals surface area contributed by atoms with Gasteiger partial charge >= 0.3 is 6.09 Å². The zero-order valence-electron chi connectivity index (χ0n) is 13.2. The average molecular weight is 318 g/mol. The van der Waals surface area contributed by atoms with Crippen LogP contribution in [0.2, 0.25) is 0 Å². The molecule has 1 amide bonds. The average Bonchev–Trinajstić information content (AvgIpc) is 2.95. The van der Waals surface area contributed by atoms with Crippen molar-refractivity contribution >= 4 is 22.8 Å². The topological polar surface area (TPSA) is 90.8 Å². The lowest BCUT2D eigenvalue weighted by Crippen LogP contribution is -2.34. The van der Waals surface area contributed by atoms with E-state index in [4.69, 9.17) is 10.00 Å². The number of hydrogen-bond donors (Lipinski definition) is 2. The van der Waals surface area contributed by atoms with Crippen LogP contribution in [0.5, 0.6) is 0 Å². The highest BCUT2D eigenvalue weighted by molar-refractivity contribution is 5.94. The zero-order chi connectivity index (χ0) is 16.9. The number of rotatable bonds is 1. The van der Waals surface area contributed by atoms with Gasteiger partial charge in [0.15, 0.2) is 0 Å². The maximum atomic E-state index is 11.7. The number of H-pyrrole nitrogens is 1. The van der Waals surface area contributed by atoms with Crippen LogP contribution < -0.4 is 5.32 Å². The molecular weight excluding hydrogens is 304 g/mol. The second kappa shape index (κ2) is 4.83. The SMILES string of the molecule is CC1(C)OC(=O)Nc2cc3nc(-c4ccc(C#N)cc4)[nH]c3cc21. The Hall–Kier alpha value is -3.33. The predicted octanol–water partition coefficient (Wildman–Crippen LogP) is 3.90. The maximum Gasteiger partial charge on any atom is 0.412 e. The minimum Gasteiger partial charge on any atom is -0.438 e. The molecule has 2 aromatic carbocycles. The second-order valence-electron chi connectivity index (χ2n) is 6.21. The quantitative estimate of drug-likeness (QED) is 0.712. The van der Waals surface area contributed by atoms with Gasteiger partial charge in [-0.1, -0.05) is 0 Å². The fourth-order valence-electron chi connectivity index (χ4n) is 2.92. The summed E-state index contributed by atoms with van der Waals surface area (Å²) in [6.45, 7) is 3.71. The molecule has 1 aliphatic rings. The van der Waals surface area contributed by atoms with Crippen LogP contribution in [-0.2, 0) is 10.3 Å². The summed E-state index contributed by atoms with van der Waals surface area (Å²) >= 11 is 0. The molecular formula is C18H14N4O2. The molecule has 0 bridgehead atoms. The van der Waals surface area contributed by atoms with Gasteiger partial charge < -0.3 is 9.72 Å². The molecule has 0 fully saturated rings. The van der Waals surface area contributed by atoms with Crippen molar-refractivity contribution in [2.75, 3.05) is 5.32 Å². The van der Waals surface area contributed by atoms with Gasteiger partial charge in [-0.25, -0.2) is 9.78 Å². The zero-order valence-corrected chi connectivity index (χ0v) is 13.2. The van der Waals surface area contributed by atoms with E-state index in [2.05, 4.69) is 21.4 Å². The number of ether oxygens (including phenoxy) is 1. The van der Waals surface area contributed by atoms with Gasteiger partial charge in [0.1, 0.15) is 11.4 Å². The van der Waals surface area contributed by atoms with Crippen LogP contribution in [-0.4, -0.2) is 16.1 Å². The molecule has 0 unspecified atom stereocenters. The molecule has 1 aromatic heterocycles. The molecule has 118 valence electrons. The highest BCUT2D eigenvalue weighted by Gasteiger charge is 2.34. The van der Waals surface area contributed by atoms with E-state index in [1.807, 2.05) is 38.1 Å². The van der Waals surface area contributed by atoms with Gasteiger partial charge in [0.25, 0.3) is 0 Å². The first-order valence-electron chi connectivity index (χ1n) is 7.51. The minimum absolute atomic E-state index is 0.463. The van der Waals surface area contributed by atoms with Crippen molar-refractivity contribution in [2.24, 2.45) is 0 Å². The number of cyclic esters (lactones) is 1. The van der Waals surface area contributed by atoms with E-state index in [1.165, 1.54) is 0 Å². The van der Waals surface area contributed by atoms with Gasteiger partial charge in [-0.05, 0) is 50.2 Å². The number of anilines is 1. The number of amides is 1. The Morgan fingerprint density at radius 1 is 1.21 bits per heavy atom. The van der Waals surface area contributed by atoms with Crippen molar-refractivity contribution in [2.45, 2.75) is 19.4 Å². The number of hydrogen-bond acceptors (Lipinski definition) is 4. The van der Waals surface area contributed by atoms with Gasteiger partial charge in [0.05, 0.1) is 28.4 Å². The summed E-state index contributed by atoms with van der Waals surface area (Å²) in [5.41, 5.74) is 4.01. The van der Waals surface area contributed by atoms with E-state index in [1.54, 1.807) is 12.1 Å². The first-order valence-corrected chi connectivity index (χ1v) is 7.51. The number of fused-ring (bicyclic) bond motifs is 2. The number of carbonyl (C=O) groups excluding carboxylic acids is 1. The van der Waals surface area contributed by atoms with Gasteiger partial charge in [-0.3, -0.25) is 5.32 Å². The lowest BCUT2D eigenvalue weighted by Gasteiger charge is -2.32. The van der Waals surface area contributed by atoms with Crippen LogP contribution in [0.4, 0.5) is 10.5 Å². The summed E-state index contributed by atoms with van der Waals surface area (Å²) in [6, 6.07) is 13.1. The molecule has 6 nitrogen and oxygen atoms in total. The molecule has 2 heterocycles. The van der Waals surface area contributed by atoms with Crippen LogP contribution >= 0.6 is 0 Å². The number of benzene rings is 2. The Kier molecular flexibility index (Phi) is 2.87. The van der Waals surface area contributed by atoms with Crippen LogP contribution in [0.25, 0.3) is 22.4 Å². The molecule has 0 saturated heterocycles. The molecule has 0 saturated carbocycles. The predicted molar refractivity (Wildman–Crippen MR) is 89.4 cm³/mol. The summed E-state index contributed by atoms with van der Waals surface area (Å²) in [7, 11) is 0. The number of aromatic amines is 1. The largest absolute Gasteiger partial charge is 0.438 e. The summed E-state index contributed by atoms with van der Waals surface area (Å²) in [6.07, 6.45) is -0.463. The monoisotopic (exact) mass is 318 g/mol. The molecule has 0 radical (unpaired) electrons. The lowest BCUT2D eigenvalue weighted by atomic mass is 9.94. The highest BCUT2D eigenvalue weighted by atomic mass is 16.6. The Morgan fingerprint density at radius 2 is 1.96 bits per heavy atom. The smallest absolute Gasteiger partial charge is 0.412 e. The molecule has 0 aliphatic carbocycles. The summed E-state index contributed by atoms with van der Waals surface area (Å²) in [5, 5.41) is 11.6. The Bertz CT molecular complexity index is 1010. The van der Waals surface area contributed by atoms with Gasteiger partial charge in [-0.2, -0.15) is 5.26 Å². The number of nitrogens with zero attached hydrogens (tertiary/aromatic N) is 2. The van der Waals surface area contributed by atoms with Gasteiger partial charge in [0, 0.05) is 11.1 Å². The Morgan fingerprint density at radius 3 is 2.67 bits per heavy atom. The Labute approximate surface area is 138 Å². The molecule has 3 aromatic rings. The van der Waals surface area contributed by atoms with Crippen LogP contribution in [0.1, 0.15) is 25.0 Å². The molecule has 4 rings (SSSR count). The van der Waals surface area contributed by atoms with Crippen molar-refractivity contribution in [1.82, 2.24) is 9.97 Å². The van der Waals surface area contributed by atoms with E-state index < -0.39 is 11.7 Å². The summed E-state index contributed by atoms with van der Waals surface area (Å²) in [5.74, 6) is 0.710. The normalized spacial score (nSPS) is 15.3. The molecule has 2 N–H and O–H groups in total. The standard InChI is InChI=1S/C18H14N4O2/c1-18(2)12-7-14-15(8-13(12)22-17(23)24-18)21-16(20-14)11-5-3-10(9-19)4-6-11/h3-8H,1-2H3,(H,20,21)(H,22,23). The maximum absolute atomic E-state index is 11.7. The lowest BCUT2D eigenvalue weighted by molar-refractivity contribution is 0.0421. The molecule has 6 heteroatoms. The van der Waals surface area contributed by atoms with Crippen LogP contribution in [0, 0.1) is 11.3 Å². The minimum atomic E-state index is -0.703. The van der Waals surface area contributed by atoms with Crippen LogP contribution in [0.3, 0.4) is 0 Å². The summed E-state index contributed by atoms with van der Waals surface area (Å²) in [4.78, 5) is 19.6. The number of nitriles is 1. The van der Waals surface area contributed by atoms with Crippen LogP contribution in [0.15, 0.2) is 36.4 Å². The molecule has 24 heavy (non-hydrogen) atoms. The molecule has 0 spiro atoms. The summed E-state index contributed by atoms with van der Waals surface area (Å²) < 4.78 is 5.35.